The van der Waals surface area contributed by atoms with Gasteiger partial charge in [-0.05, 0) is 24.5 Å². The van der Waals surface area contributed by atoms with Gasteiger partial charge < -0.3 is 10.1 Å². The van der Waals surface area contributed by atoms with Crippen LogP contribution in [0.3, 0.4) is 0 Å². The molecule has 1 aromatic carbocycles. The number of carbonyl (C=O) groups is 1. The van der Waals surface area contributed by atoms with Crippen LogP contribution in [0, 0.1) is 5.92 Å². The highest BCUT2D eigenvalue weighted by Crippen LogP contribution is 2.18. The Morgan fingerprint density at radius 1 is 1.39 bits per heavy atom. The number of halogens is 1. The maximum Gasteiger partial charge on any atom is 0.255 e. The Hall–Kier alpha value is -1.03. The Balaban J connectivity index is 2.80. The minimum atomic E-state index is -0.0768. The summed E-state index contributed by atoms with van der Waals surface area (Å²) in [5.41, 5.74) is 0.584. The van der Waals surface area contributed by atoms with Crippen molar-refractivity contribution in [3.63, 3.8) is 0 Å². The molecular weight excluding hydrogens is 294 g/mol. The van der Waals surface area contributed by atoms with E-state index >= 15 is 0 Å². The van der Waals surface area contributed by atoms with E-state index in [2.05, 4.69) is 35.1 Å². The molecule has 1 aromatic rings. The minimum Gasteiger partial charge on any atom is -0.496 e. The Morgan fingerprint density at radius 3 is 2.61 bits per heavy atom. The molecule has 1 atom stereocenters. The van der Waals surface area contributed by atoms with E-state index in [1.165, 1.54) is 0 Å². The lowest BCUT2D eigenvalue weighted by molar-refractivity contribution is 0.0922. The summed E-state index contributed by atoms with van der Waals surface area (Å²) in [7, 11) is 1.57. The summed E-state index contributed by atoms with van der Waals surface area (Å²) in [5, 5.41) is 3.94. The quantitative estimate of drug-likeness (QED) is 0.819. The van der Waals surface area contributed by atoms with Crippen molar-refractivity contribution in [2.24, 2.45) is 5.92 Å². The third-order valence-electron chi connectivity index (χ3n) is 2.89. The molecular formula is C14H20BrNO2. The lowest BCUT2D eigenvalue weighted by Gasteiger charge is -2.22. The normalized spacial score (nSPS) is 12.3. The van der Waals surface area contributed by atoms with Crippen LogP contribution in [0.15, 0.2) is 24.3 Å². The number of carbonyl (C=O) groups excluding carboxylic acids is 1. The molecule has 0 spiro atoms. The van der Waals surface area contributed by atoms with Gasteiger partial charge in [0.25, 0.3) is 5.91 Å². The predicted molar refractivity (Wildman–Crippen MR) is 77.5 cm³/mol. The van der Waals surface area contributed by atoms with Crippen LogP contribution in [0.25, 0.3) is 0 Å². The zero-order valence-corrected chi connectivity index (χ0v) is 12.7. The van der Waals surface area contributed by atoms with Gasteiger partial charge in [0.2, 0.25) is 0 Å². The maximum absolute atomic E-state index is 12.2. The summed E-state index contributed by atoms with van der Waals surface area (Å²) in [6.45, 7) is 4.21. The van der Waals surface area contributed by atoms with E-state index in [0.717, 1.165) is 11.8 Å². The van der Waals surface area contributed by atoms with Crippen LogP contribution in [0.5, 0.6) is 5.75 Å². The number of benzene rings is 1. The summed E-state index contributed by atoms with van der Waals surface area (Å²) in [6.07, 6.45) is 0.915. The summed E-state index contributed by atoms with van der Waals surface area (Å²) in [5.74, 6) is 0.935. The highest BCUT2D eigenvalue weighted by molar-refractivity contribution is 9.09. The van der Waals surface area contributed by atoms with Crippen molar-refractivity contribution in [3.05, 3.63) is 29.8 Å². The molecule has 0 saturated carbocycles. The molecule has 1 N–H and O–H groups in total. The number of amides is 1. The zero-order valence-electron chi connectivity index (χ0n) is 11.1. The number of rotatable bonds is 6. The third-order valence-corrected chi connectivity index (χ3v) is 3.35. The average Bonchev–Trinajstić information content (AvgIpc) is 2.37. The van der Waals surface area contributed by atoms with Gasteiger partial charge in [0.1, 0.15) is 5.75 Å². The molecule has 0 saturated heterocycles. The molecule has 3 nitrogen and oxygen atoms in total. The summed E-state index contributed by atoms with van der Waals surface area (Å²) < 4.78 is 5.20. The fourth-order valence-corrected chi connectivity index (χ4v) is 2.26. The summed E-state index contributed by atoms with van der Waals surface area (Å²) in [4.78, 5) is 12.2. The van der Waals surface area contributed by atoms with E-state index < -0.39 is 0 Å². The van der Waals surface area contributed by atoms with Gasteiger partial charge in [-0.25, -0.2) is 0 Å². The van der Waals surface area contributed by atoms with Gasteiger partial charge in [-0.2, -0.15) is 0 Å². The Bertz CT molecular complexity index is 393. The Kier molecular flexibility index (Phi) is 6.19. The molecule has 0 radical (unpaired) electrons. The van der Waals surface area contributed by atoms with Gasteiger partial charge in [0, 0.05) is 11.4 Å². The van der Waals surface area contributed by atoms with Crippen LogP contribution in [-0.2, 0) is 0 Å². The monoisotopic (exact) mass is 313 g/mol. The largest absolute Gasteiger partial charge is 0.496 e. The number of para-hydroxylation sites is 1. The molecule has 0 bridgehead atoms. The minimum absolute atomic E-state index is 0.0768. The second-order valence-corrected chi connectivity index (χ2v) is 5.29. The first-order chi connectivity index (χ1) is 8.60. The maximum atomic E-state index is 12.2. The van der Waals surface area contributed by atoms with Crippen molar-refractivity contribution in [3.8, 4) is 5.75 Å². The number of nitrogens with one attached hydrogen (secondary N) is 1. The van der Waals surface area contributed by atoms with Crippen molar-refractivity contribution >= 4 is 21.8 Å². The van der Waals surface area contributed by atoms with E-state index in [9.17, 15) is 4.79 Å². The first-order valence-electron chi connectivity index (χ1n) is 6.10. The fraction of sp³-hybridized carbons (Fsp3) is 0.500. The van der Waals surface area contributed by atoms with Gasteiger partial charge in [-0.1, -0.05) is 41.9 Å². The molecule has 0 aliphatic heterocycles. The average molecular weight is 314 g/mol. The van der Waals surface area contributed by atoms with Crippen LogP contribution in [0.4, 0.5) is 0 Å². The van der Waals surface area contributed by atoms with Gasteiger partial charge in [0.05, 0.1) is 12.7 Å². The third kappa shape index (κ3) is 4.02. The molecule has 18 heavy (non-hydrogen) atoms. The van der Waals surface area contributed by atoms with E-state index in [4.69, 9.17) is 4.74 Å². The molecule has 0 aliphatic rings. The molecule has 0 fully saturated rings. The molecule has 1 rings (SSSR count). The molecule has 1 unspecified atom stereocenters. The Morgan fingerprint density at radius 2 is 2.06 bits per heavy atom. The highest BCUT2D eigenvalue weighted by atomic mass is 79.9. The number of ether oxygens (including phenoxy) is 1. The van der Waals surface area contributed by atoms with Gasteiger partial charge in [-0.15, -0.1) is 0 Å². The topological polar surface area (TPSA) is 38.3 Å². The lowest BCUT2D eigenvalue weighted by atomic mass is 10.0. The lowest BCUT2D eigenvalue weighted by Crippen LogP contribution is -2.38. The highest BCUT2D eigenvalue weighted by Gasteiger charge is 2.18. The van der Waals surface area contributed by atoms with E-state index in [1.807, 2.05) is 12.1 Å². The number of hydrogen-bond donors (Lipinski definition) is 1. The predicted octanol–water partition coefficient (Wildman–Crippen LogP) is 3.23. The van der Waals surface area contributed by atoms with Crippen LogP contribution < -0.4 is 10.1 Å². The molecule has 0 heterocycles. The van der Waals surface area contributed by atoms with Crippen LogP contribution in [0.1, 0.15) is 30.6 Å². The van der Waals surface area contributed by atoms with E-state index in [0.29, 0.717) is 17.2 Å². The van der Waals surface area contributed by atoms with Crippen molar-refractivity contribution in [1.29, 1.82) is 0 Å². The smallest absolute Gasteiger partial charge is 0.255 e. The van der Waals surface area contributed by atoms with Crippen LogP contribution >= 0.6 is 15.9 Å². The second kappa shape index (κ2) is 7.41. The Labute approximate surface area is 117 Å². The van der Waals surface area contributed by atoms with Gasteiger partial charge in [0.15, 0.2) is 0 Å². The standard InChI is InChI=1S/C14H20BrNO2/c1-10(2)12(8-9-15)16-14(17)11-6-4-5-7-13(11)18-3/h4-7,10,12H,8-9H2,1-3H3,(H,16,17). The van der Waals surface area contributed by atoms with Gasteiger partial charge in [-0.3, -0.25) is 4.79 Å². The van der Waals surface area contributed by atoms with E-state index in [-0.39, 0.29) is 11.9 Å². The number of hydrogen-bond acceptors (Lipinski definition) is 2. The second-order valence-electron chi connectivity index (χ2n) is 4.50. The first-order valence-corrected chi connectivity index (χ1v) is 7.22. The van der Waals surface area contributed by atoms with Crippen molar-refractivity contribution in [1.82, 2.24) is 5.32 Å². The van der Waals surface area contributed by atoms with Crippen molar-refractivity contribution < 1.29 is 9.53 Å². The van der Waals surface area contributed by atoms with Crippen molar-refractivity contribution in [2.75, 3.05) is 12.4 Å². The molecule has 0 aromatic heterocycles. The first kappa shape index (κ1) is 15.0. The van der Waals surface area contributed by atoms with Gasteiger partial charge >= 0.3 is 0 Å². The van der Waals surface area contributed by atoms with E-state index in [1.54, 1.807) is 19.2 Å². The summed E-state index contributed by atoms with van der Waals surface area (Å²) in [6, 6.07) is 7.44. The number of methoxy groups -OCH3 is 1. The zero-order chi connectivity index (χ0) is 13.5. The van der Waals surface area contributed by atoms with Crippen LogP contribution in [-0.4, -0.2) is 24.4 Å². The molecule has 4 heteroatoms. The summed E-state index contributed by atoms with van der Waals surface area (Å²) >= 11 is 3.42. The van der Waals surface area contributed by atoms with Crippen LogP contribution in [0.2, 0.25) is 0 Å². The fourth-order valence-electron chi connectivity index (χ4n) is 1.77. The molecule has 1 amide bonds. The molecule has 100 valence electrons. The molecule has 0 aliphatic carbocycles. The number of alkyl halides is 1. The van der Waals surface area contributed by atoms with Crippen molar-refractivity contribution in [2.45, 2.75) is 26.3 Å². The SMILES string of the molecule is COc1ccccc1C(=O)NC(CCBr)C(C)C.